The molecule has 0 unspecified atom stereocenters. The fourth-order valence-electron chi connectivity index (χ4n) is 1.92. The van der Waals surface area contributed by atoms with Crippen LogP contribution in [-0.2, 0) is 6.54 Å². The van der Waals surface area contributed by atoms with E-state index < -0.39 is 0 Å². The molecular formula is C11H11N5O2. The summed E-state index contributed by atoms with van der Waals surface area (Å²) in [6.07, 6.45) is 3.39. The van der Waals surface area contributed by atoms with Crippen molar-refractivity contribution in [3.8, 4) is 5.75 Å². The third-order valence-corrected chi connectivity index (χ3v) is 2.75. The van der Waals surface area contributed by atoms with Crippen molar-refractivity contribution in [2.45, 2.75) is 6.54 Å². The SMILES string of the molecule is O=Nc1ccc2c(n1)N(Cc1cnc[nH]1)CCO2. The molecule has 0 amide bonds. The predicted octanol–water partition coefficient (Wildman–Crippen LogP) is 1.60. The van der Waals surface area contributed by atoms with Crippen molar-refractivity contribution in [3.05, 3.63) is 35.3 Å². The van der Waals surface area contributed by atoms with E-state index in [-0.39, 0.29) is 5.82 Å². The lowest BCUT2D eigenvalue weighted by molar-refractivity contribution is 0.304. The number of anilines is 1. The van der Waals surface area contributed by atoms with Gasteiger partial charge in [-0.15, -0.1) is 4.91 Å². The van der Waals surface area contributed by atoms with E-state index in [9.17, 15) is 4.91 Å². The second kappa shape index (κ2) is 4.44. The highest BCUT2D eigenvalue weighted by Gasteiger charge is 2.20. The number of fused-ring (bicyclic) bond motifs is 1. The minimum atomic E-state index is 0.161. The number of aromatic nitrogens is 3. The molecule has 0 aliphatic carbocycles. The molecule has 0 radical (unpaired) electrons. The average Bonchev–Trinajstić information content (AvgIpc) is 2.91. The Hall–Kier alpha value is -2.44. The molecule has 0 bridgehead atoms. The maximum absolute atomic E-state index is 10.5. The molecule has 0 atom stereocenters. The molecule has 1 N–H and O–H groups in total. The molecule has 0 saturated heterocycles. The van der Waals surface area contributed by atoms with E-state index in [0.717, 1.165) is 5.69 Å². The van der Waals surface area contributed by atoms with E-state index >= 15 is 0 Å². The van der Waals surface area contributed by atoms with Crippen LogP contribution in [0.15, 0.2) is 29.8 Å². The van der Waals surface area contributed by atoms with Crippen LogP contribution in [0.5, 0.6) is 5.75 Å². The second-order valence-corrected chi connectivity index (χ2v) is 3.93. The van der Waals surface area contributed by atoms with Crippen LogP contribution < -0.4 is 9.64 Å². The van der Waals surface area contributed by atoms with E-state index in [2.05, 4.69) is 20.1 Å². The van der Waals surface area contributed by atoms with Gasteiger partial charge in [-0.1, -0.05) is 0 Å². The molecule has 2 aromatic heterocycles. The molecule has 3 rings (SSSR count). The number of aromatic amines is 1. The quantitative estimate of drug-likeness (QED) is 0.830. The summed E-state index contributed by atoms with van der Waals surface area (Å²) in [4.78, 5) is 23.8. The number of hydrogen-bond acceptors (Lipinski definition) is 6. The van der Waals surface area contributed by atoms with Crippen molar-refractivity contribution in [2.24, 2.45) is 5.18 Å². The predicted molar refractivity (Wildman–Crippen MR) is 64.8 cm³/mol. The lowest BCUT2D eigenvalue weighted by Gasteiger charge is -2.29. The minimum absolute atomic E-state index is 0.161. The molecule has 1 aliphatic rings. The van der Waals surface area contributed by atoms with Crippen LogP contribution in [0.1, 0.15) is 5.69 Å². The summed E-state index contributed by atoms with van der Waals surface area (Å²) in [5.74, 6) is 1.48. The maximum atomic E-state index is 10.5. The van der Waals surface area contributed by atoms with Crippen molar-refractivity contribution >= 4 is 11.6 Å². The van der Waals surface area contributed by atoms with Crippen LogP contribution in [0.4, 0.5) is 11.6 Å². The molecule has 0 saturated carbocycles. The number of hydrogen-bond donors (Lipinski definition) is 1. The number of imidazole rings is 1. The molecule has 1 aliphatic heterocycles. The number of ether oxygens (including phenoxy) is 1. The van der Waals surface area contributed by atoms with Gasteiger partial charge in [-0.05, 0) is 17.3 Å². The Morgan fingerprint density at radius 3 is 3.22 bits per heavy atom. The normalized spacial score (nSPS) is 13.9. The third kappa shape index (κ3) is 1.90. The lowest BCUT2D eigenvalue weighted by Crippen LogP contribution is -2.33. The van der Waals surface area contributed by atoms with Crippen molar-refractivity contribution in [2.75, 3.05) is 18.1 Å². The Bertz CT molecular complexity index is 555. The average molecular weight is 245 g/mol. The van der Waals surface area contributed by atoms with Crippen molar-refractivity contribution in [1.82, 2.24) is 15.0 Å². The topological polar surface area (TPSA) is 83.5 Å². The first-order chi connectivity index (χ1) is 8.86. The maximum Gasteiger partial charge on any atom is 0.198 e. The fourth-order valence-corrected chi connectivity index (χ4v) is 1.92. The van der Waals surface area contributed by atoms with E-state index in [1.807, 2.05) is 4.90 Å². The summed E-state index contributed by atoms with van der Waals surface area (Å²) in [6, 6.07) is 3.27. The molecule has 7 heteroatoms. The van der Waals surface area contributed by atoms with Crippen molar-refractivity contribution < 1.29 is 4.74 Å². The molecule has 18 heavy (non-hydrogen) atoms. The number of H-pyrrole nitrogens is 1. The zero-order valence-electron chi connectivity index (χ0n) is 9.54. The standard InChI is InChI=1S/C11H11N5O2/c17-15-10-2-1-9-11(14-10)16(3-4-18-9)6-8-5-12-7-13-8/h1-2,5,7H,3-4,6H2,(H,12,13). The van der Waals surface area contributed by atoms with Gasteiger partial charge in [0.15, 0.2) is 17.4 Å². The zero-order chi connectivity index (χ0) is 12.4. The minimum Gasteiger partial charge on any atom is -0.488 e. The number of nitrogens with one attached hydrogen (secondary N) is 1. The Kier molecular flexibility index (Phi) is 2.64. The van der Waals surface area contributed by atoms with Gasteiger partial charge in [0, 0.05) is 6.20 Å². The van der Waals surface area contributed by atoms with Crippen LogP contribution >= 0.6 is 0 Å². The lowest BCUT2D eigenvalue weighted by atomic mass is 10.3. The molecule has 3 heterocycles. The number of pyridine rings is 1. The smallest absolute Gasteiger partial charge is 0.198 e. The largest absolute Gasteiger partial charge is 0.488 e. The van der Waals surface area contributed by atoms with Crippen LogP contribution in [0, 0.1) is 4.91 Å². The molecule has 7 nitrogen and oxygen atoms in total. The molecular weight excluding hydrogens is 234 g/mol. The van der Waals surface area contributed by atoms with Gasteiger partial charge in [-0.2, -0.15) is 0 Å². The zero-order valence-corrected chi connectivity index (χ0v) is 9.54. The monoisotopic (exact) mass is 245 g/mol. The molecule has 0 spiro atoms. The summed E-state index contributed by atoms with van der Waals surface area (Å²) in [5.41, 5.74) is 0.981. The van der Waals surface area contributed by atoms with Crippen LogP contribution in [0.3, 0.4) is 0 Å². The van der Waals surface area contributed by atoms with Gasteiger partial charge in [0.05, 0.1) is 25.1 Å². The first kappa shape index (κ1) is 10.7. The van der Waals surface area contributed by atoms with E-state index in [1.54, 1.807) is 24.7 Å². The van der Waals surface area contributed by atoms with Gasteiger partial charge in [-0.25, -0.2) is 9.97 Å². The Labute approximate surface area is 103 Å². The Morgan fingerprint density at radius 1 is 1.50 bits per heavy atom. The van der Waals surface area contributed by atoms with Crippen LogP contribution in [0.25, 0.3) is 0 Å². The molecule has 2 aromatic rings. The second-order valence-electron chi connectivity index (χ2n) is 3.93. The third-order valence-electron chi connectivity index (χ3n) is 2.75. The summed E-state index contributed by atoms with van der Waals surface area (Å²) in [7, 11) is 0. The van der Waals surface area contributed by atoms with Gasteiger partial charge in [0.1, 0.15) is 6.61 Å². The highest BCUT2D eigenvalue weighted by atomic mass is 16.5. The van der Waals surface area contributed by atoms with Crippen molar-refractivity contribution in [1.29, 1.82) is 0 Å². The fraction of sp³-hybridized carbons (Fsp3) is 0.273. The van der Waals surface area contributed by atoms with Gasteiger partial charge in [0.25, 0.3) is 0 Å². The van der Waals surface area contributed by atoms with E-state index in [0.29, 0.717) is 31.3 Å². The molecule has 92 valence electrons. The molecule has 0 aromatic carbocycles. The van der Waals surface area contributed by atoms with Crippen LogP contribution in [0.2, 0.25) is 0 Å². The van der Waals surface area contributed by atoms with E-state index in [1.165, 1.54) is 0 Å². The van der Waals surface area contributed by atoms with Gasteiger partial charge in [-0.3, -0.25) is 0 Å². The summed E-state index contributed by atoms with van der Waals surface area (Å²) in [5, 5.41) is 2.85. The molecule has 0 fully saturated rings. The number of nitrogens with zero attached hydrogens (tertiary/aromatic N) is 4. The van der Waals surface area contributed by atoms with Gasteiger partial charge in [0.2, 0.25) is 0 Å². The highest BCUT2D eigenvalue weighted by molar-refractivity contribution is 5.57. The summed E-state index contributed by atoms with van der Waals surface area (Å²) in [6.45, 7) is 1.95. The Morgan fingerprint density at radius 2 is 2.44 bits per heavy atom. The number of nitroso groups, excluding NO2 is 1. The van der Waals surface area contributed by atoms with E-state index in [4.69, 9.17) is 4.74 Å². The summed E-state index contributed by atoms with van der Waals surface area (Å²) < 4.78 is 5.50. The van der Waals surface area contributed by atoms with Crippen LogP contribution in [-0.4, -0.2) is 28.1 Å². The highest BCUT2D eigenvalue weighted by Crippen LogP contribution is 2.32. The first-order valence-electron chi connectivity index (χ1n) is 5.56. The summed E-state index contributed by atoms with van der Waals surface area (Å²) >= 11 is 0. The van der Waals surface area contributed by atoms with Crippen molar-refractivity contribution in [3.63, 3.8) is 0 Å². The first-order valence-corrected chi connectivity index (χ1v) is 5.56. The van der Waals surface area contributed by atoms with Gasteiger partial charge < -0.3 is 14.6 Å². The Balaban J connectivity index is 1.92. The number of rotatable bonds is 3. The van der Waals surface area contributed by atoms with Gasteiger partial charge >= 0.3 is 0 Å².